The summed E-state index contributed by atoms with van der Waals surface area (Å²) in [6.07, 6.45) is 7.62. The van der Waals surface area contributed by atoms with Crippen LogP contribution in [0.2, 0.25) is 0 Å². The summed E-state index contributed by atoms with van der Waals surface area (Å²) in [5, 5.41) is 4.61. The normalized spacial score (nSPS) is 18.4. The van der Waals surface area contributed by atoms with Crippen molar-refractivity contribution in [1.29, 1.82) is 0 Å². The molecule has 0 aromatic carbocycles. The zero-order valence-electron chi connectivity index (χ0n) is 11.7. The van der Waals surface area contributed by atoms with E-state index >= 15 is 0 Å². The molecule has 1 unspecified atom stereocenters. The van der Waals surface area contributed by atoms with Crippen LogP contribution < -0.4 is 11.3 Å². The van der Waals surface area contributed by atoms with Crippen molar-refractivity contribution in [3.8, 4) is 0 Å². The van der Waals surface area contributed by atoms with Crippen LogP contribution in [0, 0.1) is 5.92 Å². The lowest BCUT2D eigenvalue weighted by atomic mass is 9.96. The number of aryl methyl sites for hydroxylation is 2. The molecule has 1 aliphatic carbocycles. The summed E-state index contributed by atoms with van der Waals surface area (Å²) in [7, 11) is 0. The predicted octanol–water partition coefficient (Wildman–Crippen LogP) is 2.55. The Morgan fingerprint density at radius 3 is 2.72 bits per heavy atom. The van der Waals surface area contributed by atoms with Crippen LogP contribution in [0.3, 0.4) is 0 Å². The first-order valence-electron chi connectivity index (χ1n) is 7.31. The highest BCUT2D eigenvalue weighted by molar-refractivity contribution is 5.14. The lowest BCUT2D eigenvalue weighted by molar-refractivity contribution is 0.380. The molecular weight excluding hydrogens is 224 g/mol. The number of nitrogens with zero attached hydrogens (tertiary/aromatic N) is 2. The van der Waals surface area contributed by atoms with Crippen molar-refractivity contribution in [2.75, 3.05) is 0 Å². The first-order valence-corrected chi connectivity index (χ1v) is 7.31. The standard InChI is InChI=1S/C14H26N4/c1-3-12-10-14(18(4-2)17-12)13(16-15)9-11-7-5-6-8-11/h10-11,13,16H,3-9,15H2,1-2H3. The first kappa shape index (κ1) is 13.6. The summed E-state index contributed by atoms with van der Waals surface area (Å²) < 4.78 is 2.10. The fourth-order valence-corrected chi connectivity index (χ4v) is 3.05. The smallest absolute Gasteiger partial charge is 0.0631 e. The fourth-order valence-electron chi connectivity index (χ4n) is 3.05. The van der Waals surface area contributed by atoms with Gasteiger partial charge in [-0.25, -0.2) is 0 Å². The maximum Gasteiger partial charge on any atom is 0.0631 e. The summed E-state index contributed by atoms with van der Waals surface area (Å²) in [6, 6.07) is 2.46. The monoisotopic (exact) mass is 250 g/mol. The molecule has 1 fully saturated rings. The van der Waals surface area contributed by atoms with Crippen molar-refractivity contribution >= 4 is 0 Å². The van der Waals surface area contributed by atoms with Gasteiger partial charge in [0, 0.05) is 6.54 Å². The van der Waals surface area contributed by atoms with E-state index in [1.807, 2.05) is 0 Å². The summed E-state index contributed by atoms with van der Waals surface area (Å²) in [5.74, 6) is 6.60. The third-order valence-electron chi connectivity index (χ3n) is 4.13. The number of nitrogens with two attached hydrogens (primary N) is 1. The fraction of sp³-hybridized carbons (Fsp3) is 0.786. The highest BCUT2D eigenvalue weighted by Crippen LogP contribution is 2.32. The second-order valence-electron chi connectivity index (χ2n) is 5.34. The van der Waals surface area contributed by atoms with Crippen LogP contribution in [-0.4, -0.2) is 9.78 Å². The van der Waals surface area contributed by atoms with Crippen LogP contribution in [0.4, 0.5) is 0 Å². The molecule has 4 heteroatoms. The van der Waals surface area contributed by atoms with Crippen molar-refractivity contribution < 1.29 is 0 Å². The van der Waals surface area contributed by atoms with Gasteiger partial charge in [-0.3, -0.25) is 16.0 Å². The van der Waals surface area contributed by atoms with E-state index in [-0.39, 0.29) is 6.04 Å². The van der Waals surface area contributed by atoms with Crippen LogP contribution in [-0.2, 0) is 13.0 Å². The van der Waals surface area contributed by atoms with Crippen molar-refractivity contribution in [2.45, 2.75) is 65.0 Å². The molecule has 102 valence electrons. The van der Waals surface area contributed by atoms with Gasteiger partial charge in [-0.2, -0.15) is 5.10 Å². The molecule has 1 aromatic heterocycles. The Morgan fingerprint density at radius 1 is 1.44 bits per heavy atom. The Bertz CT molecular complexity index is 366. The van der Waals surface area contributed by atoms with Gasteiger partial charge < -0.3 is 0 Å². The molecule has 3 N–H and O–H groups in total. The number of hydrogen-bond donors (Lipinski definition) is 2. The van der Waals surface area contributed by atoms with Crippen LogP contribution in [0.25, 0.3) is 0 Å². The van der Waals surface area contributed by atoms with Crippen LogP contribution >= 0.6 is 0 Å². The molecule has 0 spiro atoms. The number of rotatable bonds is 6. The van der Waals surface area contributed by atoms with Gasteiger partial charge in [-0.15, -0.1) is 0 Å². The van der Waals surface area contributed by atoms with E-state index in [9.17, 15) is 0 Å². The molecule has 0 amide bonds. The SMILES string of the molecule is CCc1cc(C(CC2CCCC2)NN)n(CC)n1. The molecule has 1 saturated carbocycles. The Labute approximate surface area is 110 Å². The predicted molar refractivity (Wildman–Crippen MR) is 73.9 cm³/mol. The van der Waals surface area contributed by atoms with Gasteiger partial charge in [0.05, 0.1) is 17.4 Å². The van der Waals surface area contributed by atoms with Gasteiger partial charge in [0.1, 0.15) is 0 Å². The van der Waals surface area contributed by atoms with Gasteiger partial charge in [0.15, 0.2) is 0 Å². The van der Waals surface area contributed by atoms with E-state index in [1.165, 1.54) is 37.1 Å². The van der Waals surface area contributed by atoms with Crippen molar-refractivity contribution in [3.63, 3.8) is 0 Å². The number of nitrogens with one attached hydrogen (secondary N) is 1. The third kappa shape index (κ3) is 2.93. The first-order chi connectivity index (χ1) is 8.78. The molecule has 2 rings (SSSR count). The minimum atomic E-state index is 0.251. The van der Waals surface area contributed by atoms with Crippen LogP contribution in [0.15, 0.2) is 6.07 Å². The molecule has 1 atom stereocenters. The Kier molecular flexibility index (Phi) is 4.78. The highest BCUT2D eigenvalue weighted by atomic mass is 15.3. The minimum Gasteiger partial charge on any atom is -0.271 e. The maximum absolute atomic E-state index is 5.77. The molecule has 1 heterocycles. The second kappa shape index (κ2) is 6.34. The number of hydrogen-bond acceptors (Lipinski definition) is 3. The average molecular weight is 250 g/mol. The summed E-state index contributed by atoms with van der Waals surface area (Å²) in [4.78, 5) is 0. The highest BCUT2D eigenvalue weighted by Gasteiger charge is 2.23. The third-order valence-corrected chi connectivity index (χ3v) is 4.13. The molecule has 0 saturated heterocycles. The molecular formula is C14H26N4. The molecule has 4 nitrogen and oxygen atoms in total. The zero-order chi connectivity index (χ0) is 13.0. The number of aromatic nitrogens is 2. The average Bonchev–Trinajstić information content (AvgIpc) is 3.04. The van der Waals surface area contributed by atoms with E-state index < -0.39 is 0 Å². The maximum atomic E-state index is 5.77. The second-order valence-corrected chi connectivity index (χ2v) is 5.34. The van der Waals surface area contributed by atoms with Gasteiger partial charge in [-0.05, 0) is 31.7 Å². The lowest BCUT2D eigenvalue weighted by Gasteiger charge is -2.20. The Hall–Kier alpha value is -0.870. The van der Waals surface area contributed by atoms with Gasteiger partial charge in [-0.1, -0.05) is 32.6 Å². The molecule has 1 aromatic rings. The summed E-state index contributed by atoms with van der Waals surface area (Å²) in [5.41, 5.74) is 5.42. The van der Waals surface area contributed by atoms with Gasteiger partial charge in [0.25, 0.3) is 0 Å². The van der Waals surface area contributed by atoms with Crippen LogP contribution in [0.5, 0.6) is 0 Å². The van der Waals surface area contributed by atoms with E-state index in [2.05, 4.69) is 35.1 Å². The minimum absolute atomic E-state index is 0.251. The lowest BCUT2D eigenvalue weighted by Crippen LogP contribution is -2.31. The topological polar surface area (TPSA) is 55.9 Å². The summed E-state index contributed by atoms with van der Waals surface area (Å²) in [6.45, 7) is 5.20. The van der Waals surface area contributed by atoms with E-state index in [1.54, 1.807) is 0 Å². The Balaban J connectivity index is 2.12. The number of hydrazine groups is 1. The van der Waals surface area contributed by atoms with Gasteiger partial charge in [0.2, 0.25) is 0 Å². The van der Waals surface area contributed by atoms with Crippen LogP contribution in [0.1, 0.15) is 63.4 Å². The molecule has 18 heavy (non-hydrogen) atoms. The van der Waals surface area contributed by atoms with E-state index in [0.717, 1.165) is 25.3 Å². The quantitative estimate of drug-likeness (QED) is 0.602. The molecule has 0 aliphatic heterocycles. The zero-order valence-corrected chi connectivity index (χ0v) is 11.7. The van der Waals surface area contributed by atoms with Crippen molar-refractivity contribution in [3.05, 3.63) is 17.5 Å². The Morgan fingerprint density at radius 2 is 2.17 bits per heavy atom. The summed E-state index contributed by atoms with van der Waals surface area (Å²) >= 11 is 0. The van der Waals surface area contributed by atoms with E-state index in [0.29, 0.717) is 0 Å². The molecule has 1 aliphatic rings. The molecule has 0 bridgehead atoms. The molecule has 0 radical (unpaired) electrons. The van der Waals surface area contributed by atoms with Crippen molar-refractivity contribution in [2.24, 2.45) is 11.8 Å². The van der Waals surface area contributed by atoms with Crippen molar-refractivity contribution in [1.82, 2.24) is 15.2 Å². The van der Waals surface area contributed by atoms with Gasteiger partial charge >= 0.3 is 0 Å². The van der Waals surface area contributed by atoms with E-state index in [4.69, 9.17) is 5.84 Å². The largest absolute Gasteiger partial charge is 0.271 e.